The van der Waals surface area contributed by atoms with Gasteiger partial charge in [-0.2, -0.15) is 0 Å². The third kappa shape index (κ3) is 29.4. The first-order valence-electron chi connectivity index (χ1n) is 32.8. The normalized spacial score (nSPS) is 17.6. The molecule has 0 aromatic rings. The zero-order valence-corrected chi connectivity index (χ0v) is 57.6. The topological polar surface area (TPSA) is 352 Å². The Bertz CT molecular complexity index is 2330. The van der Waals surface area contributed by atoms with Crippen LogP contribution >= 0.6 is 0 Å². The number of likely N-dealkylation sites (tertiary alicyclic amines) is 1. The smallest absolute Gasteiger partial charge is 0.246 e. The van der Waals surface area contributed by atoms with E-state index in [-0.39, 0.29) is 98.8 Å². The van der Waals surface area contributed by atoms with Crippen LogP contribution in [0.15, 0.2) is 0 Å². The summed E-state index contributed by atoms with van der Waals surface area (Å²) >= 11 is 0. The van der Waals surface area contributed by atoms with Crippen LogP contribution in [0.3, 0.4) is 0 Å². The van der Waals surface area contributed by atoms with Gasteiger partial charge in [-0.3, -0.25) is 52.7 Å². The largest absolute Gasteiger partial charge is 0.393 e. The van der Waals surface area contributed by atoms with Crippen molar-refractivity contribution in [2.24, 2.45) is 35.5 Å². The first kappa shape index (κ1) is 81.3. The third-order valence-corrected chi connectivity index (χ3v) is 16.1. The Morgan fingerprint density at radius 3 is 1.67 bits per heavy atom. The SMILES string of the molecule is CCCCCCCCC(C)C(=O)N1C[C@@H](C)C[C@H]1C(=O)N[C@@H](C[C@H](C)C[C@H](O)CC(=O)CC)C(=O)N[C@H](C(=O)NC(C)(C)C(=O)N[C@@H](CC(C)C)C(=O)N[C@@H](CC(C)C)C(=O)NC(C)(C)C(=O)NC(C)(C)C(=O)NCCC(=O)N[C@@H](C)CNC)[C@H](O)C(C)C. The number of hydrogen-bond donors (Lipinski definition) is 12. The Labute approximate surface area is 532 Å². The number of hydrogen-bond acceptors (Lipinski definition) is 14. The van der Waals surface area contributed by atoms with Gasteiger partial charge in [0.05, 0.1) is 12.2 Å². The molecule has 1 fully saturated rings. The quantitative estimate of drug-likeness (QED) is 0.0388. The lowest BCUT2D eigenvalue weighted by molar-refractivity contribution is -0.142. The molecule has 1 saturated heterocycles. The average Bonchev–Trinajstić information content (AvgIpc) is 3.14. The molecule has 1 aliphatic rings. The number of aliphatic hydroxyl groups is 2. The highest BCUT2D eigenvalue weighted by atomic mass is 16.3. The van der Waals surface area contributed by atoms with Crippen molar-refractivity contribution in [3.8, 4) is 0 Å². The minimum atomic E-state index is -1.82. The predicted molar refractivity (Wildman–Crippen MR) is 344 cm³/mol. The molecule has 1 unspecified atom stereocenters. The van der Waals surface area contributed by atoms with Crippen molar-refractivity contribution in [3.05, 3.63) is 0 Å². The van der Waals surface area contributed by atoms with Crippen LogP contribution < -0.4 is 53.2 Å². The molecule has 0 saturated carbocycles. The first-order chi connectivity index (χ1) is 41.2. The zero-order valence-electron chi connectivity index (χ0n) is 57.6. The van der Waals surface area contributed by atoms with E-state index in [4.69, 9.17) is 0 Å². The molecule has 0 aromatic carbocycles. The molecule has 10 amide bonds. The summed E-state index contributed by atoms with van der Waals surface area (Å²) in [4.78, 5) is 153. The number of aliphatic hydroxyl groups excluding tert-OH is 2. The maximum Gasteiger partial charge on any atom is 0.246 e. The van der Waals surface area contributed by atoms with E-state index < -0.39 is 118 Å². The highest BCUT2D eigenvalue weighted by molar-refractivity contribution is 6.00. The number of nitrogens with one attached hydrogen (secondary N) is 10. The number of likely N-dealkylation sites (N-methyl/N-ethyl adjacent to an activating group) is 1. The standard InChI is InChI=1S/C65H119N11O13/c1-20-22-23-24-25-26-27-43(11)59(86)76-37-42(10)34-50(76)57(84)70-49(33-41(9)32-46(78)35-45(77)21-2)55(82)72-52(53(80)40(7)8)58(85)74-64(15,16)61(88)71-47(30-38(3)4)54(81)69-48(31-39(5)6)56(83)73-65(17,18)62(89)75-63(13,14)60(87)67-29-28-51(79)68-44(12)36-66-19/h38-44,46-50,52-53,66,78,80H,20-37H2,1-19H3,(H,67,87)(H,68,79)(H,69,81)(H,70,84)(H,71,88)(H,72,82)(H,73,83)(H,74,85)(H,75,89)/t41-,42+,43?,44+,46+,47+,48+,49+,50+,52+,53-/m1/s1. The Morgan fingerprint density at radius 1 is 0.584 bits per heavy atom. The second-order valence-corrected chi connectivity index (χ2v) is 28.1. The van der Waals surface area contributed by atoms with Crippen molar-refractivity contribution in [2.45, 2.75) is 286 Å². The molecular formula is C65H119N11O13. The summed E-state index contributed by atoms with van der Waals surface area (Å²) in [6.45, 7) is 31.3. The zero-order chi connectivity index (χ0) is 68.3. The summed E-state index contributed by atoms with van der Waals surface area (Å²) in [6.07, 6.45) is 5.19. The molecule has 0 aliphatic carbocycles. The molecule has 89 heavy (non-hydrogen) atoms. The fourth-order valence-corrected chi connectivity index (χ4v) is 10.7. The lowest BCUT2D eigenvalue weighted by atomic mass is 9.92. The summed E-state index contributed by atoms with van der Waals surface area (Å²) in [5, 5.41) is 49.9. The summed E-state index contributed by atoms with van der Waals surface area (Å²) < 4.78 is 0. The lowest BCUT2D eigenvalue weighted by Crippen LogP contribution is -2.66. The monoisotopic (exact) mass is 1260 g/mol. The van der Waals surface area contributed by atoms with Gasteiger partial charge in [-0.25, -0.2) is 0 Å². The van der Waals surface area contributed by atoms with E-state index in [0.717, 1.165) is 38.5 Å². The highest BCUT2D eigenvalue weighted by Crippen LogP contribution is 2.28. The van der Waals surface area contributed by atoms with Crippen molar-refractivity contribution in [1.29, 1.82) is 0 Å². The number of unbranched alkanes of at least 4 members (excludes halogenated alkanes) is 5. The van der Waals surface area contributed by atoms with Crippen LogP contribution in [0.1, 0.15) is 221 Å². The van der Waals surface area contributed by atoms with E-state index in [1.807, 2.05) is 48.5 Å². The predicted octanol–water partition coefficient (Wildman–Crippen LogP) is 3.72. The first-order valence-corrected chi connectivity index (χ1v) is 32.8. The van der Waals surface area contributed by atoms with Gasteiger partial charge in [-0.15, -0.1) is 0 Å². The molecule has 11 atom stereocenters. The second-order valence-electron chi connectivity index (χ2n) is 28.1. The van der Waals surface area contributed by atoms with Crippen molar-refractivity contribution in [2.75, 3.05) is 26.7 Å². The molecule has 24 nitrogen and oxygen atoms in total. The van der Waals surface area contributed by atoms with E-state index >= 15 is 0 Å². The lowest BCUT2D eigenvalue weighted by Gasteiger charge is -2.34. The van der Waals surface area contributed by atoms with Crippen LogP contribution in [0.25, 0.3) is 0 Å². The van der Waals surface area contributed by atoms with Gasteiger partial charge in [0.25, 0.3) is 0 Å². The van der Waals surface area contributed by atoms with Crippen molar-refractivity contribution < 1.29 is 63.0 Å². The van der Waals surface area contributed by atoms with Gasteiger partial charge < -0.3 is 68.3 Å². The molecule has 0 radical (unpaired) electrons. The van der Waals surface area contributed by atoms with E-state index in [2.05, 4.69) is 60.1 Å². The van der Waals surface area contributed by atoms with Crippen molar-refractivity contribution in [1.82, 2.24) is 58.1 Å². The Hall–Kier alpha value is -5.75. The second kappa shape index (κ2) is 38.8. The molecule has 0 bridgehead atoms. The number of Topliss-reactive ketones (excluding diaryl/α,β-unsaturated/α-hetero) is 1. The van der Waals surface area contributed by atoms with E-state index in [1.54, 1.807) is 39.6 Å². The van der Waals surface area contributed by atoms with Crippen LogP contribution in [0, 0.1) is 35.5 Å². The minimum Gasteiger partial charge on any atom is -0.393 e. The van der Waals surface area contributed by atoms with E-state index in [9.17, 15) is 63.0 Å². The fourth-order valence-electron chi connectivity index (χ4n) is 10.7. The van der Waals surface area contributed by atoms with E-state index in [0.29, 0.717) is 25.9 Å². The van der Waals surface area contributed by atoms with Crippen LogP contribution in [0.4, 0.5) is 0 Å². The molecule has 0 aromatic heterocycles. The average molecular weight is 1260 g/mol. The Morgan fingerprint density at radius 2 is 1.11 bits per heavy atom. The Kier molecular flexibility index (Phi) is 35.5. The van der Waals surface area contributed by atoms with Gasteiger partial charge >= 0.3 is 0 Å². The number of nitrogens with zero attached hydrogens (tertiary/aromatic N) is 1. The molecule has 0 spiro atoms. The maximum absolute atomic E-state index is 14.7. The minimum absolute atomic E-state index is 0.00589. The van der Waals surface area contributed by atoms with Crippen LogP contribution in [-0.2, 0) is 52.7 Å². The van der Waals surface area contributed by atoms with Gasteiger partial charge in [0.1, 0.15) is 52.6 Å². The number of rotatable bonds is 42. The molecule has 12 N–H and O–H groups in total. The van der Waals surface area contributed by atoms with Crippen LogP contribution in [-0.4, -0.2) is 172 Å². The van der Waals surface area contributed by atoms with Gasteiger partial charge in [-0.1, -0.05) is 115 Å². The van der Waals surface area contributed by atoms with Crippen LogP contribution in [0.2, 0.25) is 0 Å². The van der Waals surface area contributed by atoms with Crippen molar-refractivity contribution >= 4 is 64.9 Å². The fraction of sp³-hybridized carbons (Fsp3) is 0.831. The van der Waals surface area contributed by atoms with Crippen molar-refractivity contribution in [3.63, 3.8) is 0 Å². The van der Waals surface area contributed by atoms with Gasteiger partial charge in [0.2, 0.25) is 59.1 Å². The molecule has 512 valence electrons. The number of ketones is 1. The summed E-state index contributed by atoms with van der Waals surface area (Å²) in [5.41, 5.74) is -4.92. The molecule has 1 aliphatic heterocycles. The number of carbonyl (C=O) groups is 11. The van der Waals surface area contributed by atoms with Gasteiger partial charge in [-0.05, 0) is 124 Å². The van der Waals surface area contributed by atoms with Gasteiger partial charge in [0.15, 0.2) is 0 Å². The molecule has 1 rings (SSSR count). The van der Waals surface area contributed by atoms with E-state index in [1.165, 1.54) is 41.5 Å². The van der Waals surface area contributed by atoms with Gasteiger partial charge in [0, 0.05) is 50.9 Å². The number of carbonyl (C=O) groups excluding carboxylic acids is 11. The third-order valence-electron chi connectivity index (χ3n) is 16.1. The molecule has 24 heteroatoms. The summed E-state index contributed by atoms with van der Waals surface area (Å²) in [5.74, 6) is -8.37. The van der Waals surface area contributed by atoms with Crippen LogP contribution in [0.5, 0.6) is 0 Å². The Balaban J connectivity index is 3.45. The molecular weight excluding hydrogens is 1140 g/mol. The number of amides is 10. The maximum atomic E-state index is 14.7. The highest BCUT2D eigenvalue weighted by Gasteiger charge is 2.44. The summed E-state index contributed by atoms with van der Waals surface area (Å²) in [6, 6.07) is -6.56. The summed E-state index contributed by atoms with van der Waals surface area (Å²) in [7, 11) is 1.76. The molecule has 1 heterocycles.